The van der Waals surface area contributed by atoms with E-state index in [0.29, 0.717) is 16.2 Å². The fraction of sp³-hybridized carbons (Fsp3) is 0.333. The van der Waals surface area contributed by atoms with E-state index in [0.717, 1.165) is 0 Å². The number of rotatable bonds is 0. The number of nitrogens with zero attached hydrogens (tertiary/aromatic N) is 1. The van der Waals surface area contributed by atoms with Crippen LogP contribution in [0.3, 0.4) is 0 Å². The largest absolute Gasteiger partial charge is 0.474 e. The highest BCUT2D eigenvalue weighted by molar-refractivity contribution is 9.10. The van der Waals surface area contributed by atoms with Gasteiger partial charge >= 0.3 is 0 Å². The Kier molecular flexibility index (Phi) is 1.99. The molecule has 0 saturated carbocycles. The number of pyridine rings is 1. The van der Waals surface area contributed by atoms with Gasteiger partial charge in [-0.05, 0) is 41.9 Å². The van der Waals surface area contributed by atoms with E-state index in [1.165, 1.54) is 0 Å². The second-order valence-electron chi connectivity index (χ2n) is 3.55. The van der Waals surface area contributed by atoms with Crippen LogP contribution >= 0.6 is 15.9 Å². The fourth-order valence-electron chi connectivity index (χ4n) is 1.17. The van der Waals surface area contributed by atoms with Crippen molar-refractivity contribution in [2.45, 2.75) is 19.4 Å². The Morgan fingerprint density at radius 1 is 1.50 bits per heavy atom. The van der Waals surface area contributed by atoms with Gasteiger partial charge in [-0.15, -0.1) is 0 Å². The lowest BCUT2D eigenvalue weighted by Crippen LogP contribution is -2.45. The van der Waals surface area contributed by atoms with E-state index in [2.05, 4.69) is 26.2 Å². The molecule has 0 radical (unpaired) electrons. The number of carbonyl (C=O) groups excluding carboxylic acids is 1. The van der Waals surface area contributed by atoms with Crippen molar-refractivity contribution in [3.8, 4) is 5.75 Å². The van der Waals surface area contributed by atoms with Crippen molar-refractivity contribution < 1.29 is 9.53 Å². The van der Waals surface area contributed by atoms with Crippen LogP contribution < -0.4 is 10.1 Å². The number of hydrogen-bond donors (Lipinski definition) is 1. The van der Waals surface area contributed by atoms with Gasteiger partial charge in [-0.25, -0.2) is 4.98 Å². The molecule has 0 atom stereocenters. The molecule has 1 amide bonds. The first-order valence-corrected chi connectivity index (χ1v) is 4.95. The molecule has 0 aliphatic carbocycles. The number of halogens is 1. The maximum absolute atomic E-state index is 11.5. The van der Waals surface area contributed by atoms with Crippen LogP contribution in [-0.2, 0) is 4.79 Å². The lowest BCUT2D eigenvalue weighted by Gasteiger charge is -2.30. The molecule has 0 spiro atoms. The number of amides is 1. The smallest absolute Gasteiger partial charge is 0.269 e. The van der Waals surface area contributed by atoms with E-state index in [-0.39, 0.29) is 5.91 Å². The number of carbonyl (C=O) groups is 1. The zero-order valence-electron chi connectivity index (χ0n) is 7.80. The van der Waals surface area contributed by atoms with E-state index in [9.17, 15) is 4.79 Å². The van der Waals surface area contributed by atoms with Crippen LogP contribution in [0.2, 0.25) is 0 Å². The molecule has 0 aromatic carbocycles. The van der Waals surface area contributed by atoms with Crippen molar-refractivity contribution in [1.29, 1.82) is 0 Å². The Bertz CT molecular complexity index is 404. The van der Waals surface area contributed by atoms with Crippen molar-refractivity contribution in [1.82, 2.24) is 4.98 Å². The van der Waals surface area contributed by atoms with E-state index in [4.69, 9.17) is 4.74 Å². The second kappa shape index (κ2) is 2.95. The van der Waals surface area contributed by atoms with Crippen molar-refractivity contribution in [2.75, 3.05) is 5.32 Å². The van der Waals surface area contributed by atoms with Gasteiger partial charge in [0, 0.05) is 0 Å². The maximum atomic E-state index is 11.5. The van der Waals surface area contributed by atoms with Crippen LogP contribution in [0.4, 0.5) is 5.82 Å². The van der Waals surface area contributed by atoms with Gasteiger partial charge in [-0.3, -0.25) is 4.79 Å². The average Bonchev–Trinajstić information content (AvgIpc) is 2.08. The van der Waals surface area contributed by atoms with Crippen LogP contribution in [-0.4, -0.2) is 16.5 Å². The highest BCUT2D eigenvalue weighted by Gasteiger charge is 2.35. The number of hydrogen-bond acceptors (Lipinski definition) is 3. The maximum Gasteiger partial charge on any atom is 0.269 e. The third-order valence-electron chi connectivity index (χ3n) is 1.97. The number of ether oxygens (including phenoxy) is 1. The molecule has 1 aromatic heterocycles. The lowest BCUT2D eigenvalue weighted by molar-refractivity contribution is -0.129. The molecule has 0 saturated heterocycles. The van der Waals surface area contributed by atoms with E-state index < -0.39 is 5.60 Å². The molecule has 0 fully saturated rings. The highest BCUT2D eigenvalue weighted by atomic mass is 79.9. The van der Waals surface area contributed by atoms with Gasteiger partial charge in [0.15, 0.2) is 17.2 Å². The van der Waals surface area contributed by atoms with Crippen molar-refractivity contribution in [3.63, 3.8) is 0 Å². The molecule has 2 rings (SSSR count). The zero-order chi connectivity index (χ0) is 10.3. The van der Waals surface area contributed by atoms with Crippen molar-refractivity contribution in [3.05, 3.63) is 16.7 Å². The molecule has 14 heavy (non-hydrogen) atoms. The number of fused-ring (bicyclic) bond motifs is 1. The average molecular weight is 257 g/mol. The molecule has 74 valence electrons. The van der Waals surface area contributed by atoms with Gasteiger partial charge in [0.2, 0.25) is 0 Å². The van der Waals surface area contributed by atoms with E-state index >= 15 is 0 Å². The lowest BCUT2D eigenvalue weighted by atomic mass is 10.1. The number of anilines is 1. The van der Waals surface area contributed by atoms with Gasteiger partial charge in [0.1, 0.15) is 4.60 Å². The van der Waals surface area contributed by atoms with Gasteiger partial charge in [-0.1, -0.05) is 0 Å². The summed E-state index contributed by atoms with van der Waals surface area (Å²) in [5.41, 5.74) is -0.831. The van der Waals surface area contributed by atoms with Crippen LogP contribution in [0.15, 0.2) is 16.7 Å². The van der Waals surface area contributed by atoms with Crippen LogP contribution in [0.1, 0.15) is 13.8 Å². The molecule has 1 N–H and O–H groups in total. The number of aromatic nitrogens is 1. The minimum atomic E-state index is -0.831. The summed E-state index contributed by atoms with van der Waals surface area (Å²) in [6, 6.07) is 3.54. The summed E-state index contributed by atoms with van der Waals surface area (Å²) in [7, 11) is 0. The minimum absolute atomic E-state index is 0.185. The molecule has 1 aliphatic rings. The minimum Gasteiger partial charge on any atom is -0.474 e. The van der Waals surface area contributed by atoms with Crippen LogP contribution in [0.5, 0.6) is 5.75 Å². The van der Waals surface area contributed by atoms with Gasteiger partial charge in [0.05, 0.1) is 0 Å². The molecule has 1 aromatic rings. The Morgan fingerprint density at radius 3 is 2.93 bits per heavy atom. The summed E-state index contributed by atoms with van der Waals surface area (Å²) < 4.78 is 6.16. The molecule has 1 aliphatic heterocycles. The van der Waals surface area contributed by atoms with E-state index in [1.54, 1.807) is 26.0 Å². The molecular formula is C9H9BrN2O2. The Hall–Kier alpha value is -1.10. The zero-order valence-corrected chi connectivity index (χ0v) is 9.38. The van der Waals surface area contributed by atoms with Gasteiger partial charge in [-0.2, -0.15) is 0 Å². The molecule has 4 nitrogen and oxygen atoms in total. The summed E-state index contributed by atoms with van der Waals surface area (Å²) in [5.74, 6) is 0.872. The molecule has 5 heteroatoms. The molecule has 2 heterocycles. The third-order valence-corrected chi connectivity index (χ3v) is 2.41. The normalized spacial score (nSPS) is 18.1. The van der Waals surface area contributed by atoms with Crippen LogP contribution in [0.25, 0.3) is 0 Å². The topological polar surface area (TPSA) is 51.2 Å². The van der Waals surface area contributed by atoms with E-state index in [1.807, 2.05) is 0 Å². The first-order valence-electron chi connectivity index (χ1n) is 4.16. The predicted octanol–water partition coefficient (Wildman–Crippen LogP) is 1.95. The number of nitrogens with one attached hydrogen (secondary N) is 1. The standard InChI is InChI=1S/C9H9BrN2O2/c1-9(2)8(13)12-7-5(14-9)3-4-6(10)11-7/h3-4H,1-2H3,(H,11,12,13). The van der Waals surface area contributed by atoms with Crippen molar-refractivity contribution >= 4 is 27.7 Å². The van der Waals surface area contributed by atoms with Crippen LogP contribution in [0, 0.1) is 0 Å². The Labute approximate surface area is 89.8 Å². The highest BCUT2D eigenvalue weighted by Crippen LogP contribution is 2.32. The first kappa shape index (κ1) is 9.45. The summed E-state index contributed by atoms with van der Waals surface area (Å²) >= 11 is 3.22. The molecule has 0 unspecified atom stereocenters. The Morgan fingerprint density at radius 2 is 2.21 bits per heavy atom. The summed E-state index contributed by atoms with van der Waals surface area (Å²) in [6.07, 6.45) is 0. The third kappa shape index (κ3) is 1.48. The molecular weight excluding hydrogens is 248 g/mol. The fourth-order valence-corrected chi connectivity index (χ4v) is 1.48. The SMILES string of the molecule is CC1(C)Oc2ccc(Br)nc2NC1=O. The predicted molar refractivity (Wildman–Crippen MR) is 55.3 cm³/mol. The summed E-state index contributed by atoms with van der Waals surface area (Å²) in [6.45, 7) is 3.43. The van der Waals surface area contributed by atoms with Gasteiger partial charge in [0.25, 0.3) is 5.91 Å². The monoisotopic (exact) mass is 256 g/mol. The Balaban J connectivity index is 2.46. The van der Waals surface area contributed by atoms with Gasteiger partial charge < -0.3 is 10.1 Å². The van der Waals surface area contributed by atoms with Crippen molar-refractivity contribution in [2.24, 2.45) is 0 Å². The quantitative estimate of drug-likeness (QED) is 0.723. The molecule has 0 bridgehead atoms. The summed E-state index contributed by atoms with van der Waals surface area (Å²) in [5, 5.41) is 2.69. The second-order valence-corrected chi connectivity index (χ2v) is 4.36. The summed E-state index contributed by atoms with van der Waals surface area (Å²) in [4.78, 5) is 15.6. The first-order chi connectivity index (χ1) is 6.49.